The second-order valence-electron chi connectivity index (χ2n) is 4.38. The SMILES string of the molecule is Cc1c(CNc2cccnc2C(=O)O)cccc1[N+](=O)[O-]. The summed E-state index contributed by atoms with van der Waals surface area (Å²) in [5.41, 5.74) is 1.61. The van der Waals surface area contributed by atoms with E-state index in [2.05, 4.69) is 10.3 Å². The average molecular weight is 287 g/mol. The largest absolute Gasteiger partial charge is 0.476 e. The Hall–Kier alpha value is -2.96. The number of carboxylic acids is 1. The summed E-state index contributed by atoms with van der Waals surface area (Å²) in [4.78, 5) is 25.3. The summed E-state index contributed by atoms with van der Waals surface area (Å²) in [6.45, 7) is 1.94. The van der Waals surface area contributed by atoms with E-state index in [-0.39, 0.29) is 17.9 Å². The van der Waals surface area contributed by atoms with Crippen molar-refractivity contribution in [1.82, 2.24) is 4.98 Å². The fourth-order valence-electron chi connectivity index (χ4n) is 1.97. The minimum Gasteiger partial charge on any atom is -0.476 e. The van der Waals surface area contributed by atoms with Crippen molar-refractivity contribution in [1.29, 1.82) is 0 Å². The number of nitrogens with zero attached hydrogens (tertiary/aromatic N) is 2. The third-order valence-electron chi connectivity index (χ3n) is 3.09. The molecule has 108 valence electrons. The monoisotopic (exact) mass is 287 g/mol. The molecule has 2 aromatic rings. The maximum Gasteiger partial charge on any atom is 0.356 e. The standard InChI is InChI=1S/C14H13N3O4/c1-9-10(4-2-6-12(9)17(20)21)8-16-11-5-3-7-15-13(11)14(18)19/h2-7,16H,8H2,1H3,(H,18,19). The van der Waals surface area contributed by atoms with Crippen LogP contribution in [0.4, 0.5) is 11.4 Å². The van der Waals surface area contributed by atoms with Gasteiger partial charge in [0.15, 0.2) is 5.69 Å². The third kappa shape index (κ3) is 3.14. The number of anilines is 1. The number of hydrogen-bond donors (Lipinski definition) is 2. The van der Waals surface area contributed by atoms with Crippen LogP contribution in [0.15, 0.2) is 36.5 Å². The Morgan fingerprint density at radius 1 is 1.38 bits per heavy atom. The van der Waals surface area contributed by atoms with Crippen LogP contribution in [-0.4, -0.2) is 21.0 Å². The molecule has 1 heterocycles. The average Bonchev–Trinajstić information content (AvgIpc) is 2.46. The number of hydrogen-bond acceptors (Lipinski definition) is 5. The lowest BCUT2D eigenvalue weighted by Gasteiger charge is -2.10. The van der Waals surface area contributed by atoms with Crippen molar-refractivity contribution in [2.24, 2.45) is 0 Å². The number of carboxylic acid groups (broad SMARTS) is 1. The molecule has 1 aromatic heterocycles. The zero-order valence-corrected chi connectivity index (χ0v) is 11.2. The van der Waals surface area contributed by atoms with E-state index in [1.54, 1.807) is 31.2 Å². The Morgan fingerprint density at radius 3 is 2.81 bits per heavy atom. The van der Waals surface area contributed by atoms with E-state index < -0.39 is 10.9 Å². The predicted molar refractivity (Wildman–Crippen MR) is 76.4 cm³/mol. The predicted octanol–water partition coefficient (Wildman–Crippen LogP) is 2.61. The van der Waals surface area contributed by atoms with Gasteiger partial charge in [-0.05, 0) is 24.6 Å². The molecule has 0 saturated heterocycles. The molecule has 0 aliphatic heterocycles. The van der Waals surface area contributed by atoms with E-state index in [0.29, 0.717) is 11.3 Å². The lowest BCUT2D eigenvalue weighted by molar-refractivity contribution is -0.385. The van der Waals surface area contributed by atoms with Crippen LogP contribution in [0, 0.1) is 17.0 Å². The van der Waals surface area contributed by atoms with Gasteiger partial charge in [-0.2, -0.15) is 0 Å². The second-order valence-corrected chi connectivity index (χ2v) is 4.38. The highest BCUT2D eigenvalue weighted by atomic mass is 16.6. The van der Waals surface area contributed by atoms with Crippen LogP contribution in [0.2, 0.25) is 0 Å². The fourth-order valence-corrected chi connectivity index (χ4v) is 1.97. The van der Waals surface area contributed by atoms with Crippen LogP contribution in [0.25, 0.3) is 0 Å². The van der Waals surface area contributed by atoms with E-state index in [4.69, 9.17) is 5.11 Å². The molecule has 0 unspecified atom stereocenters. The normalized spacial score (nSPS) is 10.1. The van der Waals surface area contributed by atoms with Crippen molar-refractivity contribution in [3.8, 4) is 0 Å². The second kappa shape index (κ2) is 6.00. The highest BCUT2D eigenvalue weighted by Gasteiger charge is 2.14. The number of aromatic nitrogens is 1. The number of rotatable bonds is 5. The molecule has 21 heavy (non-hydrogen) atoms. The van der Waals surface area contributed by atoms with Gasteiger partial charge in [-0.1, -0.05) is 12.1 Å². The van der Waals surface area contributed by atoms with Crippen molar-refractivity contribution < 1.29 is 14.8 Å². The smallest absolute Gasteiger partial charge is 0.356 e. The first kappa shape index (κ1) is 14.4. The molecule has 0 amide bonds. The van der Waals surface area contributed by atoms with Crippen LogP contribution in [0.5, 0.6) is 0 Å². The molecule has 0 saturated carbocycles. The van der Waals surface area contributed by atoms with Crippen molar-refractivity contribution in [3.05, 3.63) is 63.5 Å². The van der Waals surface area contributed by atoms with E-state index in [0.717, 1.165) is 5.56 Å². The molecule has 0 fully saturated rings. The van der Waals surface area contributed by atoms with Gasteiger partial charge in [-0.3, -0.25) is 10.1 Å². The van der Waals surface area contributed by atoms with Crippen LogP contribution in [0.3, 0.4) is 0 Å². The number of carbonyl (C=O) groups is 1. The quantitative estimate of drug-likeness (QED) is 0.646. The van der Waals surface area contributed by atoms with Crippen molar-refractivity contribution in [3.63, 3.8) is 0 Å². The number of aromatic carboxylic acids is 1. The van der Waals surface area contributed by atoms with Crippen LogP contribution < -0.4 is 5.32 Å². The molecule has 2 rings (SSSR count). The van der Waals surface area contributed by atoms with Gasteiger partial charge in [0.05, 0.1) is 10.6 Å². The van der Waals surface area contributed by atoms with Crippen molar-refractivity contribution in [2.45, 2.75) is 13.5 Å². The maximum atomic E-state index is 11.1. The molecule has 0 atom stereocenters. The molecule has 0 bridgehead atoms. The van der Waals surface area contributed by atoms with Crippen LogP contribution in [0.1, 0.15) is 21.6 Å². The molecule has 0 spiro atoms. The van der Waals surface area contributed by atoms with Crippen molar-refractivity contribution >= 4 is 17.3 Å². The lowest BCUT2D eigenvalue weighted by atomic mass is 10.1. The molecule has 0 aliphatic rings. The minimum atomic E-state index is -1.13. The summed E-state index contributed by atoms with van der Waals surface area (Å²) >= 11 is 0. The first-order valence-corrected chi connectivity index (χ1v) is 6.15. The highest BCUT2D eigenvalue weighted by Crippen LogP contribution is 2.22. The summed E-state index contributed by atoms with van der Waals surface area (Å²) in [5.74, 6) is -1.13. The van der Waals surface area contributed by atoms with E-state index in [9.17, 15) is 14.9 Å². The molecule has 0 radical (unpaired) electrons. The minimum absolute atomic E-state index is 0.0407. The Bertz CT molecular complexity index is 700. The van der Waals surface area contributed by atoms with Gasteiger partial charge in [0, 0.05) is 24.4 Å². The van der Waals surface area contributed by atoms with Gasteiger partial charge in [0.2, 0.25) is 0 Å². The molecule has 2 N–H and O–H groups in total. The van der Waals surface area contributed by atoms with Gasteiger partial charge < -0.3 is 10.4 Å². The van der Waals surface area contributed by atoms with Gasteiger partial charge in [-0.25, -0.2) is 9.78 Å². The molecular formula is C14H13N3O4. The van der Waals surface area contributed by atoms with Gasteiger partial charge in [0.1, 0.15) is 0 Å². The van der Waals surface area contributed by atoms with E-state index in [1.165, 1.54) is 12.3 Å². The van der Waals surface area contributed by atoms with Gasteiger partial charge in [-0.15, -0.1) is 0 Å². The summed E-state index contributed by atoms with van der Waals surface area (Å²) in [6.07, 6.45) is 1.40. The summed E-state index contributed by atoms with van der Waals surface area (Å²) in [6, 6.07) is 8.01. The molecule has 0 aliphatic carbocycles. The summed E-state index contributed by atoms with van der Waals surface area (Å²) in [7, 11) is 0. The van der Waals surface area contributed by atoms with Gasteiger partial charge in [0.25, 0.3) is 5.69 Å². The fraction of sp³-hybridized carbons (Fsp3) is 0.143. The Labute approximate surface area is 120 Å². The zero-order chi connectivity index (χ0) is 15.4. The third-order valence-corrected chi connectivity index (χ3v) is 3.09. The molecule has 7 nitrogen and oxygen atoms in total. The number of nitro benzene ring substituents is 1. The van der Waals surface area contributed by atoms with Gasteiger partial charge >= 0.3 is 5.97 Å². The molecule has 1 aromatic carbocycles. The number of benzene rings is 1. The first-order valence-electron chi connectivity index (χ1n) is 6.15. The van der Waals surface area contributed by atoms with E-state index in [1.807, 2.05) is 0 Å². The van der Waals surface area contributed by atoms with E-state index >= 15 is 0 Å². The number of pyridine rings is 1. The first-order chi connectivity index (χ1) is 10.0. The Morgan fingerprint density at radius 2 is 2.14 bits per heavy atom. The zero-order valence-electron chi connectivity index (χ0n) is 11.2. The Kier molecular flexibility index (Phi) is 4.13. The van der Waals surface area contributed by atoms with Crippen molar-refractivity contribution in [2.75, 3.05) is 5.32 Å². The highest BCUT2D eigenvalue weighted by molar-refractivity contribution is 5.91. The molecular weight excluding hydrogens is 274 g/mol. The Balaban J connectivity index is 2.23. The van der Waals surface area contributed by atoms with Crippen LogP contribution in [-0.2, 0) is 6.54 Å². The molecule has 7 heteroatoms. The van der Waals surface area contributed by atoms with Crippen LogP contribution >= 0.6 is 0 Å². The summed E-state index contributed by atoms with van der Waals surface area (Å²) < 4.78 is 0. The number of nitro groups is 1. The lowest BCUT2D eigenvalue weighted by Crippen LogP contribution is -2.09. The maximum absolute atomic E-state index is 11.1. The number of nitrogens with one attached hydrogen (secondary N) is 1. The summed E-state index contributed by atoms with van der Waals surface area (Å²) in [5, 5.41) is 22.9. The topological polar surface area (TPSA) is 105 Å².